The van der Waals surface area contributed by atoms with Crippen molar-refractivity contribution in [2.45, 2.75) is 19.3 Å². The molecular weight excluding hydrogens is 268 g/mol. The summed E-state index contributed by atoms with van der Waals surface area (Å²) in [5.41, 5.74) is 0.0592. The maximum Gasteiger partial charge on any atom is 0.294 e. The smallest absolute Gasteiger partial charge is 0.294 e. The molecule has 0 heterocycles. The lowest BCUT2D eigenvalue weighted by atomic mass is 10.0. The van der Waals surface area contributed by atoms with Crippen LogP contribution in [0.15, 0.2) is 18.2 Å². The molecule has 0 radical (unpaired) electrons. The van der Waals surface area contributed by atoms with Gasteiger partial charge in [-0.05, 0) is 43.2 Å². The SMILES string of the molecule is O=C(Nc1ccc(Cl)cc1[N+](=O)[O-])C1CC2CC2C1. The number of nitro benzene ring substituents is 1. The van der Waals surface area contributed by atoms with E-state index in [1.165, 1.54) is 24.6 Å². The van der Waals surface area contributed by atoms with Gasteiger partial charge in [0.1, 0.15) is 5.69 Å². The Bertz CT molecular complexity index is 551. The number of carbonyl (C=O) groups excluding carboxylic acids is 1. The molecule has 2 atom stereocenters. The van der Waals surface area contributed by atoms with Gasteiger partial charge in [0.15, 0.2) is 0 Å². The molecule has 2 aliphatic rings. The lowest BCUT2D eigenvalue weighted by Crippen LogP contribution is -2.22. The molecule has 2 fully saturated rings. The van der Waals surface area contributed by atoms with Gasteiger partial charge in [-0.25, -0.2) is 0 Å². The third kappa shape index (κ3) is 2.42. The van der Waals surface area contributed by atoms with Gasteiger partial charge in [0.2, 0.25) is 5.91 Å². The highest BCUT2D eigenvalue weighted by Gasteiger charge is 2.48. The predicted octanol–water partition coefficient (Wildman–Crippen LogP) is 3.23. The van der Waals surface area contributed by atoms with Crippen LogP contribution >= 0.6 is 11.6 Å². The van der Waals surface area contributed by atoms with E-state index >= 15 is 0 Å². The van der Waals surface area contributed by atoms with Crippen LogP contribution in [0.25, 0.3) is 0 Å². The van der Waals surface area contributed by atoms with Crippen molar-refractivity contribution < 1.29 is 9.72 Å². The first-order valence-corrected chi connectivity index (χ1v) is 6.67. The number of nitro groups is 1. The molecule has 1 aromatic rings. The number of rotatable bonds is 3. The first-order chi connectivity index (χ1) is 9.04. The fourth-order valence-corrected chi connectivity index (χ4v) is 3.09. The van der Waals surface area contributed by atoms with Gasteiger partial charge in [-0.1, -0.05) is 11.6 Å². The number of hydrogen-bond donors (Lipinski definition) is 1. The Kier molecular flexibility index (Phi) is 2.93. The summed E-state index contributed by atoms with van der Waals surface area (Å²) >= 11 is 5.73. The summed E-state index contributed by atoms with van der Waals surface area (Å²) in [6.45, 7) is 0. The number of carbonyl (C=O) groups is 1. The van der Waals surface area contributed by atoms with Gasteiger partial charge < -0.3 is 5.32 Å². The summed E-state index contributed by atoms with van der Waals surface area (Å²) < 4.78 is 0. The fourth-order valence-electron chi connectivity index (χ4n) is 2.93. The van der Waals surface area contributed by atoms with Gasteiger partial charge in [-0.15, -0.1) is 0 Å². The van der Waals surface area contributed by atoms with Crippen LogP contribution in [-0.2, 0) is 4.79 Å². The normalized spacial score (nSPS) is 27.7. The van der Waals surface area contributed by atoms with Crippen LogP contribution in [0.3, 0.4) is 0 Å². The Balaban J connectivity index is 1.75. The highest BCUT2D eigenvalue weighted by Crippen LogP contribution is 2.54. The topological polar surface area (TPSA) is 72.2 Å². The van der Waals surface area contributed by atoms with Crippen molar-refractivity contribution in [2.75, 3.05) is 5.32 Å². The third-order valence-corrected chi connectivity index (χ3v) is 4.26. The number of anilines is 1. The second kappa shape index (κ2) is 4.49. The number of nitrogens with zero attached hydrogens (tertiary/aromatic N) is 1. The largest absolute Gasteiger partial charge is 0.320 e. The first kappa shape index (κ1) is 12.4. The van der Waals surface area contributed by atoms with Crippen LogP contribution in [-0.4, -0.2) is 10.8 Å². The molecule has 19 heavy (non-hydrogen) atoms. The van der Waals surface area contributed by atoms with E-state index in [4.69, 9.17) is 11.6 Å². The van der Waals surface area contributed by atoms with Gasteiger partial charge in [0.25, 0.3) is 5.69 Å². The zero-order valence-corrected chi connectivity index (χ0v) is 10.9. The maximum absolute atomic E-state index is 12.1. The zero-order chi connectivity index (χ0) is 13.6. The lowest BCUT2D eigenvalue weighted by molar-refractivity contribution is -0.383. The molecule has 1 amide bonds. The minimum Gasteiger partial charge on any atom is -0.320 e. The number of nitrogens with one attached hydrogen (secondary N) is 1. The second-order valence-electron chi connectivity index (χ2n) is 5.33. The predicted molar refractivity (Wildman–Crippen MR) is 71.1 cm³/mol. The van der Waals surface area contributed by atoms with E-state index in [9.17, 15) is 14.9 Å². The van der Waals surface area contributed by atoms with Crippen LogP contribution in [0.4, 0.5) is 11.4 Å². The summed E-state index contributed by atoms with van der Waals surface area (Å²) in [4.78, 5) is 22.5. The van der Waals surface area contributed by atoms with Crippen molar-refractivity contribution in [3.63, 3.8) is 0 Å². The summed E-state index contributed by atoms with van der Waals surface area (Å²) in [6.07, 6.45) is 3.07. The van der Waals surface area contributed by atoms with E-state index in [2.05, 4.69) is 5.32 Å². The monoisotopic (exact) mass is 280 g/mol. The highest BCUT2D eigenvalue weighted by atomic mass is 35.5. The maximum atomic E-state index is 12.1. The Labute approximate surface area is 115 Å². The zero-order valence-electron chi connectivity index (χ0n) is 10.1. The standard InChI is InChI=1S/C13H13ClN2O3/c14-10-1-2-11(12(6-10)16(18)19)15-13(17)9-4-7-3-8(7)5-9/h1-2,6-9H,3-5H2,(H,15,17). The Morgan fingerprint density at radius 3 is 2.63 bits per heavy atom. The molecule has 0 bridgehead atoms. The Hall–Kier alpha value is -1.62. The van der Waals surface area contributed by atoms with E-state index in [-0.39, 0.29) is 28.2 Å². The van der Waals surface area contributed by atoms with Crippen LogP contribution in [0.1, 0.15) is 19.3 Å². The van der Waals surface area contributed by atoms with E-state index in [0.29, 0.717) is 11.8 Å². The molecule has 0 saturated heterocycles. The van der Waals surface area contributed by atoms with E-state index < -0.39 is 4.92 Å². The number of hydrogen-bond acceptors (Lipinski definition) is 3. The quantitative estimate of drug-likeness (QED) is 0.682. The van der Waals surface area contributed by atoms with Crippen molar-refractivity contribution in [2.24, 2.45) is 17.8 Å². The summed E-state index contributed by atoms with van der Waals surface area (Å²) in [5.74, 6) is 1.29. The molecule has 5 nitrogen and oxygen atoms in total. The molecule has 6 heteroatoms. The van der Waals surface area contributed by atoms with E-state index in [1.54, 1.807) is 0 Å². The van der Waals surface area contributed by atoms with Gasteiger partial charge in [0, 0.05) is 17.0 Å². The molecule has 1 aromatic carbocycles. The molecule has 100 valence electrons. The average Bonchev–Trinajstić information content (AvgIpc) is 2.98. The van der Waals surface area contributed by atoms with Crippen molar-refractivity contribution >= 4 is 28.9 Å². The van der Waals surface area contributed by atoms with Gasteiger partial charge in [-0.2, -0.15) is 0 Å². The molecule has 1 N–H and O–H groups in total. The molecule has 2 saturated carbocycles. The number of amides is 1. The van der Waals surface area contributed by atoms with Crippen LogP contribution in [0.2, 0.25) is 5.02 Å². The van der Waals surface area contributed by atoms with Crippen molar-refractivity contribution in [1.29, 1.82) is 0 Å². The first-order valence-electron chi connectivity index (χ1n) is 6.29. The number of fused-ring (bicyclic) bond motifs is 1. The highest BCUT2D eigenvalue weighted by molar-refractivity contribution is 6.31. The van der Waals surface area contributed by atoms with Gasteiger partial charge >= 0.3 is 0 Å². The Morgan fingerprint density at radius 2 is 2.00 bits per heavy atom. The molecule has 3 rings (SSSR count). The minimum absolute atomic E-state index is 0.000896. The van der Waals surface area contributed by atoms with Crippen LogP contribution in [0.5, 0.6) is 0 Å². The average molecular weight is 281 g/mol. The Morgan fingerprint density at radius 1 is 1.32 bits per heavy atom. The molecule has 0 aromatic heterocycles. The fraction of sp³-hybridized carbons (Fsp3) is 0.462. The third-order valence-electron chi connectivity index (χ3n) is 4.03. The van der Waals surface area contributed by atoms with E-state index in [0.717, 1.165) is 12.8 Å². The second-order valence-corrected chi connectivity index (χ2v) is 5.77. The lowest BCUT2D eigenvalue weighted by Gasteiger charge is -2.12. The van der Waals surface area contributed by atoms with E-state index in [1.807, 2.05) is 0 Å². The molecule has 2 aliphatic carbocycles. The van der Waals surface area contributed by atoms with Crippen molar-refractivity contribution in [1.82, 2.24) is 0 Å². The van der Waals surface area contributed by atoms with Crippen molar-refractivity contribution in [3.8, 4) is 0 Å². The van der Waals surface area contributed by atoms with Gasteiger partial charge in [0.05, 0.1) is 4.92 Å². The summed E-state index contributed by atoms with van der Waals surface area (Å²) in [7, 11) is 0. The van der Waals surface area contributed by atoms with Gasteiger partial charge in [-0.3, -0.25) is 14.9 Å². The molecule has 0 aliphatic heterocycles. The summed E-state index contributed by atoms with van der Waals surface area (Å²) in [5, 5.41) is 13.9. The van der Waals surface area contributed by atoms with Crippen LogP contribution < -0.4 is 5.32 Å². The molecule has 0 spiro atoms. The number of halogens is 1. The minimum atomic E-state index is -0.534. The molecule has 2 unspecified atom stereocenters. The van der Waals surface area contributed by atoms with Crippen LogP contribution in [0, 0.1) is 27.9 Å². The number of benzene rings is 1. The molecular formula is C13H13ClN2O3. The summed E-state index contributed by atoms with van der Waals surface area (Å²) in [6, 6.07) is 4.27. The van der Waals surface area contributed by atoms with Crippen molar-refractivity contribution in [3.05, 3.63) is 33.3 Å².